The Kier molecular flexibility index (Phi) is 15.1. The summed E-state index contributed by atoms with van der Waals surface area (Å²) in [6.45, 7) is 11.0. The first-order valence-electron chi connectivity index (χ1n) is 15.4. The van der Waals surface area contributed by atoms with Gasteiger partial charge >= 0.3 is 6.09 Å². The number of carbonyl (C=O) groups excluding carboxylic acids is 3. The van der Waals surface area contributed by atoms with Gasteiger partial charge in [0.1, 0.15) is 18.7 Å². The van der Waals surface area contributed by atoms with E-state index in [1.54, 1.807) is 50.0 Å². The van der Waals surface area contributed by atoms with Gasteiger partial charge < -0.3 is 34.3 Å². The summed E-state index contributed by atoms with van der Waals surface area (Å²) in [7, 11) is -1.89. The monoisotopic (exact) mass is 649 g/mol. The molecule has 2 rings (SSSR count). The van der Waals surface area contributed by atoms with Crippen LogP contribution in [-0.4, -0.2) is 105 Å². The van der Waals surface area contributed by atoms with Crippen molar-refractivity contribution >= 4 is 34.8 Å². The summed E-state index contributed by atoms with van der Waals surface area (Å²) in [5, 5.41) is 19.5. The molecule has 1 heterocycles. The third kappa shape index (κ3) is 12.4. The number of amides is 1. The molecule has 0 unspecified atom stereocenters. The quantitative estimate of drug-likeness (QED) is 0.170. The van der Waals surface area contributed by atoms with Crippen LogP contribution in [0.3, 0.4) is 0 Å². The maximum Gasteiger partial charge on any atom is 0.410 e. The van der Waals surface area contributed by atoms with Crippen molar-refractivity contribution in [2.45, 2.75) is 76.5 Å². The summed E-state index contributed by atoms with van der Waals surface area (Å²) in [6.07, 6.45) is 6.08. The fourth-order valence-electron chi connectivity index (χ4n) is 5.01. The Morgan fingerprint density at radius 2 is 1.78 bits per heavy atom. The number of aliphatic hydroxyl groups is 2. The zero-order valence-corrected chi connectivity index (χ0v) is 28.2. The molecule has 252 valence electrons. The van der Waals surface area contributed by atoms with Crippen LogP contribution in [0.1, 0.15) is 59.4 Å². The van der Waals surface area contributed by atoms with Crippen LogP contribution in [0.2, 0.25) is 0 Å². The molecule has 1 amide bonds. The Hall–Kier alpha value is -2.90. The highest BCUT2D eigenvalue weighted by molar-refractivity contribution is 7.89. The molecule has 0 saturated carbocycles. The summed E-state index contributed by atoms with van der Waals surface area (Å²) in [5.41, 5.74) is 0.284. The lowest BCUT2D eigenvalue weighted by atomic mass is 9.86. The molecule has 1 aliphatic heterocycles. The molecular formula is C33H51N3O8S. The predicted octanol–water partition coefficient (Wildman–Crippen LogP) is 3.27. The first-order valence-corrected chi connectivity index (χ1v) is 16.9. The molecule has 0 radical (unpaired) electrons. The summed E-state index contributed by atoms with van der Waals surface area (Å²) in [6, 6.07) is 6.34. The fourth-order valence-corrected chi connectivity index (χ4v) is 6.47. The van der Waals surface area contributed by atoms with Crippen molar-refractivity contribution in [1.82, 2.24) is 14.5 Å². The smallest absolute Gasteiger partial charge is 0.410 e. The average Bonchev–Trinajstić information content (AvgIpc) is 2.98. The standard InChI is InChI=1S/C33H51N3O8S/c1-24(30(22-38)26(3)20-27-8-7-9-29(21-27)45(42,43)34-33(4,5)23-39)11-13-31(25(2)10-12-28(40)14-19-37)44-32(41)36-17-15-35(6)16-18-36/h7-9,11,13,19-22,24-25,28,30-31,34,39-40H,10,12,14-18,23H2,1-6H3/b13-11+,26-20+/t24-,25-,28+,30-,31-/m0/s1. The van der Waals surface area contributed by atoms with Gasteiger partial charge in [0, 0.05) is 38.5 Å². The van der Waals surface area contributed by atoms with Crippen molar-refractivity contribution in [2.75, 3.05) is 39.8 Å². The molecule has 1 saturated heterocycles. The topological polar surface area (TPSA) is 154 Å². The molecule has 0 spiro atoms. The van der Waals surface area contributed by atoms with Crippen LogP contribution in [0, 0.1) is 17.8 Å². The number of nitrogens with one attached hydrogen (secondary N) is 1. The fraction of sp³-hybridized carbons (Fsp3) is 0.606. The number of hydrogen-bond acceptors (Lipinski definition) is 9. The molecule has 1 aromatic carbocycles. The second-order valence-corrected chi connectivity index (χ2v) is 14.4. The first-order chi connectivity index (χ1) is 21.1. The molecule has 0 bridgehead atoms. The second-order valence-electron chi connectivity index (χ2n) is 12.8. The summed E-state index contributed by atoms with van der Waals surface area (Å²) in [4.78, 5) is 39.9. The van der Waals surface area contributed by atoms with Gasteiger partial charge in [-0.2, -0.15) is 0 Å². The molecule has 12 heteroatoms. The molecule has 0 aromatic heterocycles. The Labute approximate surface area is 268 Å². The van der Waals surface area contributed by atoms with Crippen LogP contribution in [-0.2, 0) is 24.3 Å². The van der Waals surface area contributed by atoms with Gasteiger partial charge in [-0.25, -0.2) is 17.9 Å². The number of carbonyl (C=O) groups is 3. The van der Waals surface area contributed by atoms with E-state index >= 15 is 0 Å². The first kappa shape index (κ1) is 38.3. The van der Waals surface area contributed by atoms with E-state index in [0.29, 0.717) is 37.8 Å². The van der Waals surface area contributed by atoms with Crippen LogP contribution >= 0.6 is 0 Å². The number of ether oxygens (including phenoxy) is 1. The second kappa shape index (κ2) is 17.7. The van der Waals surface area contributed by atoms with Gasteiger partial charge in [-0.05, 0) is 76.3 Å². The van der Waals surface area contributed by atoms with Gasteiger partial charge in [-0.15, -0.1) is 0 Å². The van der Waals surface area contributed by atoms with Crippen molar-refractivity contribution < 1.29 is 37.8 Å². The molecule has 11 nitrogen and oxygen atoms in total. The molecule has 0 aliphatic carbocycles. The van der Waals surface area contributed by atoms with Crippen LogP contribution in [0.25, 0.3) is 6.08 Å². The van der Waals surface area contributed by atoms with Gasteiger partial charge in [0.25, 0.3) is 0 Å². The Morgan fingerprint density at radius 1 is 1.11 bits per heavy atom. The number of nitrogens with zero attached hydrogens (tertiary/aromatic N) is 2. The largest absolute Gasteiger partial charge is 0.442 e. The van der Waals surface area contributed by atoms with E-state index in [9.17, 15) is 33.0 Å². The third-order valence-electron chi connectivity index (χ3n) is 8.09. The highest BCUT2D eigenvalue weighted by Gasteiger charge is 2.27. The van der Waals surface area contributed by atoms with E-state index < -0.39 is 39.8 Å². The molecular weight excluding hydrogens is 598 g/mol. The molecule has 3 N–H and O–H groups in total. The van der Waals surface area contributed by atoms with E-state index in [0.717, 1.165) is 24.9 Å². The Morgan fingerprint density at radius 3 is 2.38 bits per heavy atom. The van der Waals surface area contributed by atoms with E-state index in [1.807, 2.05) is 27.0 Å². The maximum atomic E-state index is 13.0. The van der Waals surface area contributed by atoms with Crippen LogP contribution in [0.4, 0.5) is 4.79 Å². The highest BCUT2D eigenvalue weighted by atomic mass is 32.2. The SMILES string of the molecule is C/C(=C\c1cccc(S(=O)(=O)NC(C)(C)CO)c1)[C@@H](C=O)[C@@H](C)/C=C/[C@H](OC(=O)N1CCN(C)CC1)[C@@H](C)CC[C@@H](O)CC=O. The zero-order chi connectivity index (χ0) is 33.8. The number of hydrogen-bond donors (Lipinski definition) is 3. The predicted molar refractivity (Wildman–Crippen MR) is 174 cm³/mol. The molecule has 1 fully saturated rings. The number of likely N-dealkylation sites (N-methyl/N-ethyl adjacent to an activating group) is 1. The summed E-state index contributed by atoms with van der Waals surface area (Å²) < 4.78 is 34.2. The van der Waals surface area contributed by atoms with Crippen molar-refractivity contribution in [1.29, 1.82) is 0 Å². The lowest BCUT2D eigenvalue weighted by Gasteiger charge is -2.33. The van der Waals surface area contributed by atoms with Gasteiger partial charge in [-0.3, -0.25) is 0 Å². The number of allylic oxidation sites excluding steroid dienone is 2. The lowest BCUT2D eigenvalue weighted by Crippen LogP contribution is -2.48. The average molecular weight is 650 g/mol. The zero-order valence-electron chi connectivity index (χ0n) is 27.4. The molecule has 1 aromatic rings. The van der Waals surface area contributed by atoms with Gasteiger partial charge in [0.15, 0.2) is 0 Å². The molecule has 1 aliphatic rings. The third-order valence-corrected chi connectivity index (χ3v) is 9.79. The number of benzene rings is 1. The van der Waals surface area contributed by atoms with Crippen LogP contribution < -0.4 is 4.72 Å². The number of sulfonamides is 1. The maximum absolute atomic E-state index is 13.0. The minimum absolute atomic E-state index is 0.0402. The minimum Gasteiger partial charge on any atom is -0.442 e. The van der Waals surface area contributed by atoms with E-state index in [1.165, 1.54) is 12.1 Å². The van der Waals surface area contributed by atoms with E-state index in [-0.39, 0.29) is 29.8 Å². The highest BCUT2D eigenvalue weighted by Crippen LogP contribution is 2.26. The van der Waals surface area contributed by atoms with Crippen molar-refractivity contribution in [3.63, 3.8) is 0 Å². The van der Waals surface area contributed by atoms with Crippen molar-refractivity contribution in [2.24, 2.45) is 17.8 Å². The summed E-state index contributed by atoms with van der Waals surface area (Å²) in [5.74, 6) is -0.978. The lowest BCUT2D eigenvalue weighted by molar-refractivity contribution is -0.111. The number of aliphatic hydroxyl groups excluding tert-OH is 2. The van der Waals surface area contributed by atoms with Crippen molar-refractivity contribution in [3.8, 4) is 0 Å². The van der Waals surface area contributed by atoms with Crippen molar-refractivity contribution in [3.05, 3.63) is 47.6 Å². The van der Waals surface area contributed by atoms with Crippen LogP contribution in [0.5, 0.6) is 0 Å². The minimum atomic E-state index is -3.89. The van der Waals surface area contributed by atoms with Gasteiger partial charge in [0.2, 0.25) is 10.0 Å². The number of aldehydes is 2. The van der Waals surface area contributed by atoms with E-state index in [2.05, 4.69) is 9.62 Å². The Balaban J connectivity index is 2.24. The summed E-state index contributed by atoms with van der Waals surface area (Å²) >= 11 is 0. The molecule has 45 heavy (non-hydrogen) atoms. The van der Waals surface area contributed by atoms with E-state index in [4.69, 9.17) is 4.74 Å². The molecule has 5 atom stereocenters. The number of piperazine rings is 1. The van der Waals surface area contributed by atoms with Crippen LogP contribution in [0.15, 0.2) is 46.9 Å². The van der Waals surface area contributed by atoms with Gasteiger partial charge in [-0.1, -0.05) is 43.7 Å². The Bertz CT molecular complexity index is 1290. The van der Waals surface area contributed by atoms with Gasteiger partial charge in [0.05, 0.1) is 23.1 Å². The normalized spacial score (nSPS) is 18.7. The number of rotatable bonds is 17.